The Bertz CT molecular complexity index is 932. The number of nitrogens with two attached hydrogens (primary N) is 1. The van der Waals surface area contributed by atoms with Gasteiger partial charge in [-0.15, -0.1) is 0 Å². The predicted molar refractivity (Wildman–Crippen MR) is 111 cm³/mol. The highest BCUT2D eigenvalue weighted by molar-refractivity contribution is 6.04. The quantitative estimate of drug-likeness (QED) is 0.660. The molecule has 3 heteroatoms. The number of hydrogen-bond donors (Lipinski definition) is 2. The Morgan fingerprint density at radius 2 is 1.59 bits per heavy atom. The largest absolute Gasteiger partial charge is 0.325 e. The van der Waals surface area contributed by atoms with Crippen molar-refractivity contribution in [2.45, 2.75) is 31.2 Å². The van der Waals surface area contributed by atoms with Crippen LogP contribution in [-0.2, 0) is 0 Å². The molecule has 1 amide bonds. The van der Waals surface area contributed by atoms with E-state index in [1.54, 1.807) is 0 Å². The number of rotatable bonds is 5. The lowest BCUT2D eigenvalue weighted by molar-refractivity contribution is 0.102. The Kier molecular flexibility index (Phi) is 4.54. The molecule has 0 saturated heterocycles. The normalized spacial score (nSPS) is 20.9. The summed E-state index contributed by atoms with van der Waals surface area (Å²) in [6.45, 7) is 2.14. The fourth-order valence-electron chi connectivity index (χ4n) is 3.61. The lowest BCUT2D eigenvalue weighted by atomic mass is 10.0. The van der Waals surface area contributed by atoms with Gasteiger partial charge in [-0.05, 0) is 53.8 Å². The van der Waals surface area contributed by atoms with Crippen LogP contribution < -0.4 is 11.1 Å². The molecule has 0 unspecified atom stereocenters. The summed E-state index contributed by atoms with van der Waals surface area (Å²) < 4.78 is 0. The van der Waals surface area contributed by atoms with Crippen LogP contribution in [0.4, 0.5) is 5.69 Å². The molecule has 1 saturated carbocycles. The first-order chi connectivity index (χ1) is 13.1. The van der Waals surface area contributed by atoms with Crippen LogP contribution in [0.1, 0.15) is 41.6 Å². The third kappa shape index (κ3) is 3.64. The third-order valence-corrected chi connectivity index (χ3v) is 5.60. The fraction of sp³-hybridized carbons (Fsp3) is 0.208. The van der Waals surface area contributed by atoms with Crippen molar-refractivity contribution in [1.82, 2.24) is 0 Å². The minimum absolute atomic E-state index is 0.0364. The van der Waals surface area contributed by atoms with Gasteiger partial charge in [0.25, 0.3) is 5.91 Å². The summed E-state index contributed by atoms with van der Waals surface area (Å²) in [6.07, 6.45) is 2.04. The maximum Gasteiger partial charge on any atom is 0.255 e. The number of hydrogen-bond acceptors (Lipinski definition) is 2. The van der Waals surface area contributed by atoms with Crippen molar-refractivity contribution in [2.75, 3.05) is 5.32 Å². The molecule has 136 valence electrons. The molecule has 3 nitrogen and oxygen atoms in total. The van der Waals surface area contributed by atoms with Gasteiger partial charge in [0.05, 0.1) is 0 Å². The molecule has 0 radical (unpaired) electrons. The summed E-state index contributed by atoms with van der Waals surface area (Å²) in [7, 11) is 0. The Hall–Kier alpha value is -2.91. The highest BCUT2D eigenvalue weighted by Crippen LogP contribution is 2.51. The average molecular weight is 356 g/mol. The summed E-state index contributed by atoms with van der Waals surface area (Å²) in [4.78, 5) is 12.5. The molecule has 0 aliphatic heterocycles. The maximum absolute atomic E-state index is 12.5. The molecule has 3 aromatic carbocycles. The fourth-order valence-corrected chi connectivity index (χ4v) is 3.61. The smallest absolute Gasteiger partial charge is 0.255 e. The van der Waals surface area contributed by atoms with E-state index in [4.69, 9.17) is 5.73 Å². The molecule has 3 aromatic rings. The van der Waals surface area contributed by atoms with Gasteiger partial charge in [-0.1, -0.05) is 61.5 Å². The van der Waals surface area contributed by atoms with Crippen molar-refractivity contribution in [1.29, 1.82) is 0 Å². The molecule has 0 spiro atoms. The van der Waals surface area contributed by atoms with Gasteiger partial charge in [0.2, 0.25) is 0 Å². The molecule has 1 aliphatic rings. The van der Waals surface area contributed by atoms with Gasteiger partial charge < -0.3 is 11.1 Å². The standard InChI is InChI=1S/C24H24N2O/c1-2-24(25)16-22(24)19-12-14-21(15-13-19)26-23(27)20-10-8-18(9-11-20)17-6-4-3-5-7-17/h3-15,22H,2,16,25H2,1H3,(H,26,27)/t22-,24+/m0/s1. The van der Waals surface area contributed by atoms with Gasteiger partial charge >= 0.3 is 0 Å². The predicted octanol–water partition coefficient (Wildman–Crippen LogP) is 5.20. The van der Waals surface area contributed by atoms with Crippen molar-refractivity contribution >= 4 is 11.6 Å². The van der Waals surface area contributed by atoms with Crippen molar-refractivity contribution in [3.63, 3.8) is 0 Å². The van der Waals surface area contributed by atoms with Crippen molar-refractivity contribution in [3.05, 3.63) is 90.0 Å². The van der Waals surface area contributed by atoms with Crippen molar-refractivity contribution in [3.8, 4) is 11.1 Å². The van der Waals surface area contributed by atoms with Crippen LogP contribution in [0, 0.1) is 0 Å². The summed E-state index contributed by atoms with van der Waals surface area (Å²) >= 11 is 0. The third-order valence-electron chi connectivity index (χ3n) is 5.60. The number of carbonyl (C=O) groups excluding carboxylic acids is 1. The minimum atomic E-state index is -0.101. The van der Waals surface area contributed by atoms with E-state index in [1.807, 2.05) is 54.6 Å². The molecule has 2 atom stereocenters. The van der Waals surface area contributed by atoms with Crippen LogP contribution >= 0.6 is 0 Å². The average Bonchev–Trinajstić information content (AvgIpc) is 3.41. The first-order valence-corrected chi connectivity index (χ1v) is 9.45. The summed E-state index contributed by atoms with van der Waals surface area (Å²) in [6, 6.07) is 25.9. The minimum Gasteiger partial charge on any atom is -0.325 e. The van der Waals surface area contributed by atoms with Crippen LogP contribution in [0.3, 0.4) is 0 Å². The zero-order valence-corrected chi connectivity index (χ0v) is 15.5. The summed E-state index contributed by atoms with van der Waals surface area (Å²) in [5.74, 6) is 0.341. The summed E-state index contributed by atoms with van der Waals surface area (Å²) in [5, 5.41) is 2.97. The van der Waals surface area contributed by atoms with Crippen LogP contribution in [-0.4, -0.2) is 11.4 Å². The van der Waals surface area contributed by atoms with Gasteiger partial charge in [-0.2, -0.15) is 0 Å². The topological polar surface area (TPSA) is 55.1 Å². The second-order valence-corrected chi connectivity index (χ2v) is 7.36. The van der Waals surface area contributed by atoms with Crippen molar-refractivity contribution in [2.24, 2.45) is 5.73 Å². The van der Waals surface area contributed by atoms with Gasteiger partial charge in [0, 0.05) is 22.7 Å². The SMILES string of the molecule is CC[C@@]1(N)C[C@H]1c1ccc(NC(=O)c2ccc(-c3ccccc3)cc2)cc1. The molecule has 1 fully saturated rings. The van der Waals surface area contributed by atoms with Crippen molar-refractivity contribution < 1.29 is 4.79 Å². The van der Waals surface area contributed by atoms with E-state index in [2.05, 4.69) is 36.5 Å². The highest BCUT2D eigenvalue weighted by atomic mass is 16.1. The van der Waals surface area contributed by atoms with Crippen LogP contribution in [0.5, 0.6) is 0 Å². The van der Waals surface area contributed by atoms with Gasteiger partial charge in [0.1, 0.15) is 0 Å². The van der Waals surface area contributed by atoms with E-state index >= 15 is 0 Å². The number of benzene rings is 3. The van der Waals surface area contributed by atoms with E-state index < -0.39 is 0 Å². The highest BCUT2D eigenvalue weighted by Gasteiger charge is 2.49. The van der Waals surface area contributed by atoms with Gasteiger partial charge in [0.15, 0.2) is 0 Å². The first kappa shape index (κ1) is 17.5. The van der Waals surface area contributed by atoms with Crippen LogP contribution in [0.15, 0.2) is 78.9 Å². The maximum atomic E-state index is 12.5. The number of amides is 1. The molecular formula is C24H24N2O. The number of carbonyl (C=O) groups is 1. The Labute approximate surface area is 160 Å². The molecule has 27 heavy (non-hydrogen) atoms. The zero-order valence-electron chi connectivity index (χ0n) is 15.5. The molecule has 4 rings (SSSR count). The van der Waals surface area contributed by atoms with Gasteiger partial charge in [-0.3, -0.25) is 4.79 Å². The second-order valence-electron chi connectivity index (χ2n) is 7.36. The molecule has 3 N–H and O–H groups in total. The van der Waals surface area contributed by atoms with E-state index in [-0.39, 0.29) is 11.4 Å². The van der Waals surface area contributed by atoms with E-state index in [1.165, 1.54) is 5.56 Å². The summed E-state index contributed by atoms with van der Waals surface area (Å²) in [5.41, 5.74) is 11.2. The van der Waals surface area contributed by atoms with E-state index in [9.17, 15) is 4.79 Å². The Balaban J connectivity index is 1.42. The zero-order chi connectivity index (χ0) is 18.9. The lowest BCUT2D eigenvalue weighted by Crippen LogP contribution is -2.22. The number of anilines is 1. The molecule has 1 aliphatic carbocycles. The Morgan fingerprint density at radius 1 is 0.963 bits per heavy atom. The van der Waals surface area contributed by atoms with E-state index in [0.717, 1.165) is 29.7 Å². The molecule has 0 bridgehead atoms. The Morgan fingerprint density at radius 3 is 2.19 bits per heavy atom. The van der Waals surface area contributed by atoms with E-state index in [0.29, 0.717) is 11.5 Å². The molecule has 0 aromatic heterocycles. The van der Waals surface area contributed by atoms with Crippen LogP contribution in [0.2, 0.25) is 0 Å². The lowest BCUT2D eigenvalue weighted by Gasteiger charge is -2.10. The number of nitrogens with one attached hydrogen (secondary N) is 1. The second kappa shape index (κ2) is 7.01. The molecular weight excluding hydrogens is 332 g/mol. The van der Waals surface area contributed by atoms with Crippen LogP contribution in [0.25, 0.3) is 11.1 Å². The van der Waals surface area contributed by atoms with Gasteiger partial charge in [-0.25, -0.2) is 0 Å². The monoisotopic (exact) mass is 356 g/mol. The molecule has 0 heterocycles. The first-order valence-electron chi connectivity index (χ1n) is 9.45.